The monoisotopic (exact) mass is 408 g/mol. The van der Waals surface area contributed by atoms with Crippen molar-refractivity contribution < 1.29 is 19.8 Å². The Morgan fingerprint density at radius 1 is 0.882 bits per heavy atom. The Labute approximate surface area is 114 Å². The molecular formula is C14H17N2Pt. The van der Waals surface area contributed by atoms with Crippen LogP contribution in [0.25, 0.3) is 0 Å². The van der Waals surface area contributed by atoms with Crippen LogP contribution < -0.4 is 15.4 Å². The molecule has 0 heterocycles. The van der Waals surface area contributed by atoms with Crippen molar-refractivity contribution in [2.45, 2.75) is 6.04 Å². The first-order valence-electron chi connectivity index (χ1n) is 5.42. The van der Waals surface area contributed by atoms with Crippen LogP contribution in [0.2, 0.25) is 0 Å². The van der Waals surface area contributed by atoms with E-state index in [1.807, 2.05) is 48.5 Å². The maximum absolute atomic E-state index is 5.67. The van der Waals surface area contributed by atoms with E-state index in [9.17, 15) is 0 Å². The minimum absolute atomic E-state index is 0.0128. The van der Waals surface area contributed by atoms with E-state index in [4.69, 9.17) is 11.5 Å². The van der Waals surface area contributed by atoms with Gasteiger partial charge in [-0.15, -0.1) is 0 Å². The van der Waals surface area contributed by atoms with Gasteiger partial charge in [-0.1, -0.05) is 30.3 Å². The summed E-state index contributed by atoms with van der Waals surface area (Å²) in [6.45, 7) is 0.504. The maximum atomic E-state index is 5.67. The summed E-state index contributed by atoms with van der Waals surface area (Å²) in [5.41, 5.74) is 12.2. The fourth-order valence-corrected chi connectivity index (χ4v) is 1.68. The summed E-state index contributed by atoms with van der Waals surface area (Å²) in [4.78, 5) is 0. The van der Waals surface area contributed by atoms with Crippen LogP contribution in [-0.4, -0.2) is 6.54 Å². The van der Waals surface area contributed by atoms with Gasteiger partial charge in [-0.3, -0.25) is 0 Å². The average Bonchev–Trinajstić information content (AvgIpc) is 2.40. The average molecular weight is 408 g/mol. The van der Waals surface area contributed by atoms with Gasteiger partial charge < -0.3 is 11.5 Å². The van der Waals surface area contributed by atoms with Gasteiger partial charge in [0.25, 0.3) is 0 Å². The van der Waals surface area contributed by atoms with Gasteiger partial charge in [-0.2, -0.15) is 0 Å². The summed E-state index contributed by atoms with van der Waals surface area (Å²) in [5.74, 6) is 0. The standard InChI is InChI=1S/C8H12N2.C6H5.Pt/c9-6-8(10)7-4-2-1-3-5-7;1-2-4-6-5-3-1;/h1-5,8H,6,9-10H2;1-5H;. The Bertz CT molecular complexity index is 403. The SMILES string of the molecule is NCC(N)c1ccccc1.[Pt][c]1ccccc1. The molecule has 2 nitrogen and oxygen atoms in total. The predicted octanol–water partition coefficient (Wildman–Crippen LogP) is 1.50. The number of hydrogen-bond donors (Lipinski definition) is 2. The first-order valence-corrected chi connectivity index (χ1v) is 6.55. The molecule has 0 fully saturated rings. The summed E-state index contributed by atoms with van der Waals surface area (Å²) in [6.07, 6.45) is 0. The Hall–Kier alpha value is -0.952. The van der Waals surface area contributed by atoms with Crippen LogP contribution >= 0.6 is 0 Å². The van der Waals surface area contributed by atoms with Crippen LogP contribution in [-0.2, 0) is 19.8 Å². The fourth-order valence-electron chi connectivity index (χ4n) is 1.24. The van der Waals surface area contributed by atoms with Gasteiger partial charge in [0.05, 0.1) is 0 Å². The molecule has 2 aromatic carbocycles. The van der Waals surface area contributed by atoms with Crippen molar-refractivity contribution in [3.8, 4) is 0 Å². The third-order valence-corrected chi connectivity index (χ3v) is 2.95. The molecule has 0 spiro atoms. The fraction of sp³-hybridized carbons (Fsp3) is 0.143. The zero-order valence-corrected chi connectivity index (χ0v) is 11.8. The first kappa shape index (κ1) is 14.1. The second-order valence-electron chi connectivity index (χ2n) is 3.51. The molecule has 4 N–H and O–H groups in total. The number of rotatable bonds is 2. The van der Waals surface area contributed by atoms with Gasteiger partial charge in [-0.25, -0.2) is 0 Å². The third-order valence-electron chi connectivity index (χ3n) is 2.19. The molecule has 0 aromatic heterocycles. The zero-order valence-electron chi connectivity index (χ0n) is 9.53. The molecule has 93 valence electrons. The van der Waals surface area contributed by atoms with Gasteiger partial charge >= 0.3 is 54.1 Å². The quantitative estimate of drug-likeness (QED) is 0.792. The van der Waals surface area contributed by atoms with E-state index < -0.39 is 0 Å². The molecule has 0 aliphatic carbocycles. The third kappa shape index (κ3) is 5.78. The molecule has 0 amide bonds. The predicted molar refractivity (Wildman–Crippen MR) is 68.5 cm³/mol. The molecule has 2 aromatic rings. The number of nitrogens with two attached hydrogens (primary N) is 2. The van der Waals surface area contributed by atoms with Crippen molar-refractivity contribution in [1.29, 1.82) is 0 Å². The normalized spacial score (nSPS) is 11.3. The molecule has 2 rings (SSSR count). The Balaban J connectivity index is 0.000000181. The summed E-state index contributed by atoms with van der Waals surface area (Å²) in [7, 11) is 0. The van der Waals surface area contributed by atoms with Gasteiger partial charge in [0.15, 0.2) is 0 Å². The second-order valence-corrected chi connectivity index (χ2v) is 4.82. The molecule has 0 bridgehead atoms. The van der Waals surface area contributed by atoms with Gasteiger partial charge in [0.2, 0.25) is 0 Å². The van der Waals surface area contributed by atoms with E-state index >= 15 is 0 Å². The van der Waals surface area contributed by atoms with Crippen molar-refractivity contribution >= 4 is 3.95 Å². The van der Waals surface area contributed by atoms with Crippen molar-refractivity contribution in [3.63, 3.8) is 0 Å². The molecule has 0 aliphatic heterocycles. The van der Waals surface area contributed by atoms with Crippen LogP contribution in [0, 0.1) is 0 Å². The first-order chi connectivity index (χ1) is 8.24. The zero-order chi connectivity index (χ0) is 12.5. The van der Waals surface area contributed by atoms with Crippen LogP contribution in [0.3, 0.4) is 0 Å². The summed E-state index contributed by atoms with van der Waals surface area (Å²) >= 11 is 2.27. The molecule has 0 saturated heterocycles. The van der Waals surface area contributed by atoms with Gasteiger partial charge in [-0.05, 0) is 5.56 Å². The molecule has 0 saturated carbocycles. The van der Waals surface area contributed by atoms with Crippen molar-refractivity contribution in [1.82, 2.24) is 0 Å². The van der Waals surface area contributed by atoms with Crippen LogP contribution in [0.4, 0.5) is 0 Å². The molecule has 1 atom stereocenters. The molecular weight excluding hydrogens is 391 g/mol. The molecule has 0 aliphatic rings. The van der Waals surface area contributed by atoms with Crippen molar-refractivity contribution in [3.05, 3.63) is 66.2 Å². The number of benzene rings is 2. The second kappa shape index (κ2) is 8.19. The summed E-state index contributed by atoms with van der Waals surface area (Å²) in [6, 6.07) is 20.1. The van der Waals surface area contributed by atoms with Crippen molar-refractivity contribution in [2.75, 3.05) is 6.54 Å². The number of hydrogen-bond acceptors (Lipinski definition) is 2. The van der Waals surface area contributed by atoms with Crippen LogP contribution in [0.1, 0.15) is 11.6 Å². The van der Waals surface area contributed by atoms with E-state index in [0.29, 0.717) is 6.54 Å². The van der Waals surface area contributed by atoms with E-state index in [-0.39, 0.29) is 6.04 Å². The van der Waals surface area contributed by atoms with E-state index in [2.05, 4.69) is 31.9 Å². The molecule has 0 radical (unpaired) electrons. The topological polar surface area (TPSA) is 52.0 Å². The van der Waals surface area contributed by atoms with Gasteiger partial charge in [0.1, 0.15) is 0 Å². The van der Waals surface area contributed by atoms with Gasteiger partial charge in [0, 0.05) is 12.6 Å². The van der Waals surface area contributed by atoms with Crippen LogP contribution in [0.5, 0.6) is 0 Å². The Kier molecular flexibility index (Phi) is 6.79. The van der Waals surface area contributed by atoms with Crippen molar-refractivity contribution in [2.24, 2.45) is 11.5 Å². The molecule has 17 heavy (non-hydrogen) atoms. The Morgan fingerprint density at radius 2 is 1.35 bits per heavy atom. The van der Waals surface area contributed by atoms with Crippen LogP contribution in [0.15, 0.2) is 60.7 Å². The summed E-state index contributed by atoms with van der Waals surface area (Å²) in [5, 5.41) is 0. The molecule has 1 unspecified atom stereocenters. The summed E-state index contributed by atoms with van der Waals surface area (Å²) < 4.78 is 1.29. The van der Waals surface area contributed by atoms with E-state index in [1.54, 1.807) is 0 Å². The Morgan fingerprint density at radius 3 is 1.71 bits per heavy atom. The molecule has 3 heteroatoms. The minimum atomic E-state index is -0.0128. The van der Waals surface area contributed by atoms with E-state index in [0.717, 1.165) is 5.56 Å². The van der Waals surface area contributed by atoms with E-state index in [1.165, 1.54) is 3.95 Å².